The van der Waals surface area contributed by atoms with Gasteiger partial charge in [-0.3, -0.25) is 19.3 Å². The summed E-state index contributed by atoms with van der Waals surface area (Å²) >= 11 is 0. The number of carbonyl (C=O) groups is 4. The molecule has 2 atom stereocenters. The first-order chi connectivity index (χ1) is 13.3. The van der Waals surface area contributed by atoms with Gasteiger partial charge in [0, 0.05) is 6.04 Å². The lowest BCUT2D eigenvalue weighted by Gasteiger charge is -2.22. The second kappa shape index (κ2) is 8.00. The molecule has 8 heteroatoms. The fourth-order valence-corrected chi connectivity index (χ4v) is 3.61. The van der Waals surface area contributed by atoms with Crippen LogP contribution in [0, 0.1) is 0 Å². The number of esters is 1. The van der Waals surface area contributed by atoms with Gasteiger partial charge in [0.1, 0.15) is 12.1 Å². The third kappa shape index (κ3) is 4.00. The minimum atomic E-state index is -1.25. The van der Waals surface area contributed by atoms with Crippen LogP contribution in [0.2, 0.25) is 0 Å². The molecule has 0 bridgehead atoms. The Labute approximate surface area is 163 Å². The van der Waals surface area contributed by atoms with Gasteiger partial charge in [-0.2, -0.15) is 0 Å². The summed E-state index contributed by atoms with van der Waals surface area (Å²) in [7, 11) is 0. The molecule has 3 rings (SSSR count). The van der Waals surface area contributed by atoms with Crippen molar-refractivity contribution in [1.29, 1.82) is 0 Å². The molecule has 1 saturated heterocycles. The monoisotopic (exact) mass is 387 g/mol. The summed E-state index contributed by atoms with van der Waals surface area (Å²) in [5.41, 5.74) is -0.627. The lowest BCUT2D eigenvalue weighted by molar-refractivity contribution is -0.156. The van der Waals surface area contributed by atoms with Crippen LogP contribution in [-0.2, 0) is 24.7 Å². The topological polar surface area (TPSA) is 105 Å². The van der Waals surface area contributed by atoms with E-state index >= 15 is 0 Å². The molecule has 1 aromatic carbocycles. The summed E-state index contributed by atoms with van der Waals surface area (Å²) in [6.45, 7) is 2.52. The van der Waals surface area contributed by atoms with E-state index in [0.717, 1.165) is 30.6 Å². The van der Waals surface area contributed by atoms with Gasteiger partial charge in [-0.1, -0.05) is 43.2 Å². The summed E-state index contributed by atoms with van der Waals surface area (Å²) in [6, 6.07) is 8.25. The molecular formula is C20H25N3O5. The number of nitrogens with one attached hydrogen (secondary N) is 2. The molecule has 8 nitrogen and oxygen atoms in total. The van der Waals surface area contributed by atoms with Crippen LogP contribution >= 0.6 is 0 Å². The van der Waals surface area contributed by atoms with Crippen molar-refractivity contribution >= 4 is 23.8 Å². The lowest BCUT2D eigenvalue weighted by Crippen LogP contribution is -2.44. The first kappa shape index (κ1) is 19.9. The molecule has 1 aromatic rings. The summed E-state index contributed by atoms with van der Waals surface area (Å²) in [5.74, 6) is -1.72. The molecule has 4 amide bonds. The number of carbonyl (C=O) groups excluding carboxylic acids is 4. The molecule has 0 aromatic heterocycles. The Hall–Kier alpha value is -2.90. The molecule has 0 spiro atoms. The van der Waals surface area contributed by atoms with Crippen molar-refractivity contribution in [1.82, 2.24) is 15.5 Å². The molecule has 2 fully saturated rings. The normalized spacial score (nSPS) is 23.4. The van der Waals surface area contributed by atoms with Gasteiger partial charge < -0.3 is 15.4 Å². The van der Waals surface area contributed by atoms with Gasteiger partial charge >= 0.3 is 12.0 Å². The van der Waals surface area contributed by atoms with Crippen LogP contribution in [0.5, 0.6) is 0 Å². The third-order valence-electron chi connectivity index (χ3n) is 5.29. The number of hydrogen-bond acceptors (Lipinski definition) is 5. The maximum Gasteiger partial charge on any atom is 0.327 e. The van der Waals surface area contributed by atoms with Crippen LogP contribution in [0.1, 0.15) is 45.1 Å². The van der Waals surface area contributed by atoms with E-state index < -0.39 is 36.1 Å². The van der Waals surface area contributed by atoms with Crippen molar-refractivity contribution in [3.05, 3.63) is 35.9 Å². The lowest BCUT2D eigenvalue weighted by atomic mass is 9.92. The maximum atomic E-state index is 12.8. The van der Waals surface area contributed by atoms with Gasteiger partial charge in [0.05, 0.1) is 0 Å². The first-order valence-corrected chi connectivity index (χ1v) is 9.51. The average molecular weight is 387 g/mol. The highest BCUT2D eigenvalue weighted by molar-refractivity contribution is 6.08. The Bertz CT molecular complexity index is 775. The zero-order valence-corrected chi connectivity index (χ0v) is 16.1. The van der Waals surface area contributed by atoms with E-state index in [1.807, 2.05) is 0 Å². The zero-order chi connectivity index (χ0) is 20.3. The number of nitrogens with zero attached hydrogens (tertiary/aromatic N) is 1. The Balaban J connectivity index is 1.58. The van der Waals surface area contributed by atoms with E-state index in [0.29, 0.717) is 5.56 Å². The van der Waals surface area contributed by atoms with Gasteiger partial charge in [-0.25, -0.2) is 4.79 Å². The van der Waals surface area contributed by atoms with Gasteiger partial charge in [-0.15, -0.1) is 0 Å². The highest BCUT2D eigenvalue weighted by Crippen LogP contribution is 2.28. The van der Waals surface area contributed by atoms with Crippen molar-refractivity contribution in [3.8, 4) is 0 Å². The average Bonchev–Trinajstić information content (AvgIpc) is 3.25. The first-order valence-electron chi connectivity index (χ1n) is 9.51. The van der Waals surface area contributed by atoms with Crippen LogP contribution < -0.4 is 10.6 Å². The molecule has 150 valence electrons. The van der Waals surface area contributed by atoms with Gasteiger partial charge in [0.15, 0.2) is 6.10 Å². The van der Waals surface area contributed by atoms with Gasteiger partial charge in [0.25, 0.3) is 11.8 Å². The molecule has 1 heterocycles. The van der Waals surface area contributed by atoms with Crippen LogP contribution in [-0.4, -0.2) is 47.4 Å². The standard InChI is InChI=1S/C20H25N3O5/c1-13(17(25)21-15-10-6-7-11-15)28-16(24)12-23-18(26)20(2,22-19(23)27)14-8-4-3-5-9-14/h3-5,8-9,13,15H,6-7,10-12H2,1-2H3,(H,21,25)(H,22,27)/t13-,20+/m0/s1. The van der Waals surface area contributed by atoms with Crippen molar-refractivity contribution in [2.75, 3.05) is 6.54 Å². The van der Waals surface area contributed by atoms with Crippen molar-refractivity contribution in [3.63, 3.8) is 0 Å². The van der Waals surface area contributed by atoms with Gasteiger partial charge in [-0.05, 0) is 32.3 Å². The molecule has 0 unspecified atom stereocenters. The highest BCUT2D eigenvalue weighted by atomic mass is 16.5. The number of imide groups is 1. The van der Waals surface area contributed by atoms with Crippen LogP contribution in [0.4, 0.5) is 4.79 Å². The van der Waals surface area contributed by atoms with E-state index in [4.69, 9.17) is 4.74 Å². The molecule has 0 radical (unpaired) electrons. The second-order valence-electron chi connectivity index (χ2n) is 7.43. The fraction of sp³-hybridized carbons (Fsp3) is 0.500. The molecule has 2 N–H and O–H groups in total. The van der Waals surface area contributed by atoms with Crippen molar-refractivity contribution < 1.29 is 23.9 Å². The predicted molar refractivity (Wildman–Crippen MR) is 100.0 cm³/mol. The van der Waals surface area contributed by atoms with E-state index in [-0.39, 0.29) is 11.9 Å². The SMILES string of the molecule is C[C@H](OC(=O)CN1C(=O)N[C@](C)(c2ccccc2)C1=O)C(=O)NC1CCCC1. The Morgan fingerprint density at radius 3 is 2.54 bits per heavy atom. The minimum absolute atomic E-state index is 0.117. The van der Waals surface area contributed by atoms with E-state index in [1.165, 1.54) is 6.92 Å². The molecule has 28 heavy (non-hydrogen) atoms. The quantitative estimate of drug-likeness (QED) is 0.568. The number of amides is 4. The maximum absolute atomic E-state index is 12.8. The largest absolute Gasteiger partial charge is 0.451 e. The number of benzene rings is 1. The highest BCUT2D eigenvalue weighted by Gasteiger charge is 2.49. The molecular weight excluding hydrogens is 362 g/mol. The molecule has 1 aliphatic heterocycles. The summed E-state index contributed by atoms with van der Waals surface area (Å²) in [6.07, 6.45) is 3.01. The van der Waals surface area contributed by atoms with Crippen molar-refractivity contribution in [2.45, 2.75) is 57.2 Å². The Morgan fingerprint density at radius 1 is 1.25 bits per heavy atom. The summed E-state index contributed by atoms with van der Waals surface area (Å²) in [4.78, 5) is 50.2. The second-order valence-corrected chi connectivity index (χ2v) is 7.43. The van der Waals surface area contributed by atoms with E-state index in [2.05, 4.69) is 10.6 Å². The van der Waals surface area contributed by atoms with Crippen LogP contribution in [0.3, 0.4) is 0 Å². The number of ether oxygens (including phenoxy) is 1. The van der Waals surface area contributed by atoms with Gasteiger partial charge in [0.2, 0.25) is 0 Å². The minimum Gasteiger partial charge on any atom is -0.451 e. The summed E-state index contributed by atoms with van der Waals surface area (Å²) < 4.78 is 5.13. The Kier molecular flexibility index (Phi) is 5.67. The van der Waals surface area contributed by atoms with Crippen LogP contribution in [0.15, 0.2) is 30.3 Å². The number of urea groups is 1. The summed E-state index contributed by atoms with van der Waals surface area (Å²) in [5, 5.41) is 5.48. The number of rotatable bonds is 6. The molecule has 1 aliphatic carbocycles. The number of hydrogen-bond donors (Lipinski definition) is 2. The zero-order valence-electron chi connectivity index (χ0n) is 16.1. The predicted octanol–water partition coefficient (Wildman–Crippen LogP) is 1.44. The Morgan fingerprint density at radius 2 is 1.89 bits per heavy atom. The van der Waals surface area contributed by atoms with Crippen molar-refractivity contribution in [2.24, 2.45) is 0 Å². The van der Waals surface area contributed by atoms with Crippen LogP contribution in [0.25, 0.3) is 0 Å². The van der Waals surface area contributed by atoms with E-state index in [1.54, 1.807) is 37.3 Å². The smallest absolute Gasteiger partial charge is 0.327 e. The molecule has 2 aliphatic rings. The van der Waals surface area contributed by atoms with E-state index in [9.17, 15) is 19.2 Å². The third-order valence-corrected chi connectivity index (χ3v) is 5.29. The fourth-order valence-electron chi connectivity index (χ4n) is 3.61. The molecule has 1 saturated carbocycles.